The number of halogens is 1. The highest BCUT2D eigenvalue weighted by atomic mass is 79.9. The van der Waals surface area contributed by atoms with Crippen LogP contribution in [0.3, 0.4) is 0 Å². The zero-order valence-electron chi connectivity index (χ0n) is 7.37. The van der Waals surface area contributed by atoms with E-state index in [4.69, 9.17) is 4.52 Å². The molecular formula is C9H7BrN2O2. The van der Waals surface area contributed by atoms with Gasteiger partial charge >= 0.3 is 0 Å². The fraction of sp³-hybridized carbons (Fsp3) is 0.111. The maximum absolute atomic E-state index is 10.8. The summed E-state index contributed by atoms with van der Waals surface area (Å²) < 4.78 is 5.94. The summed E-state index contributed by atoms with van der Waals surface area (Å²) in [5.74, 6) is 0.286. The molecule has 0 atom stereocenters. The molecule has 2 rings (SSSR count). The lowest BCUT2D eigenvalue weighted by atomic mass is 10.2. The molecule has 1 aromatic carbocycles. The van der Waals surface area contributed by atoms with Gasteiger partial charge in [0.05, 0.1) is 5.39 Å². The van der Waals surface area contributed by atoms with Crippen LogP contribution in [0, 0.1) is 0 Å². The van der Waals surface area contributed by atoms with E-state index < -0.39 is 0 Å². The normalized spacial score (nSPS) is 10.4. The Hall–Kier alpha value is -1.36. The first-order chi connectivity index (χ1) is 6.66. The van der Waals surface area contributed by atoms with Gasteiger partial charge in [-0.15, -0.1) is 0 Å². The van der Waals surface area contributed by atoms with Gasteiger partial charge in [-0.2, -0.15) is 0 Å². The molecule has 0 saturated heterocycles. The summed E-state index contributed by atoms with van der Waals surface area (Å²) in [5, 5.41) is 7.13. The number of hydrogen-bond donors (Lipinski definition) is 1. The lowest BCUT2D eigenvalue weighted by Crippen LogP contribution is -2.05. The average molecular weight is 255 g/mol. The van der Waals surface area contributed by atoms with Crippen LogP contribution >= 0.6 is 15.9 Å². The minimum absolute atomic E-state index is 0.167. The molecule has 1 N–H and O–H groups in total. The molecule has 14 heavy (non-hydrogen) atoms. The molecule has 0 fully saturated rings. The summed E-state index contributed by atoms with van der Waals surface area (Å²) in [4.78, 5) is 10.8. The van der Waals surface area contributed by atoms with Gasteiger partial charge < -0.3 is 9.84 Å². The molecule has 1 heterocycles. The minimum Gasteiger partial charge on any atom is -0.354 e. The number of rotatable bonds is 1. The largest absolute Gasteiger partial charge is 0.354 e. The van der Waals surface area contributed by atoms with Crippen molar-refractivity contribution in [2.75, 3.05) is 5.32 Å². The molecule has 0 aliphatic heterocycles. The SMILES string of the molecule is CC(=O)Nc1noc2ccc(Br)cc12. The van der Waals surface area contributed by atoms with Crippen molar-refractivity contribution in [3.05, 3.63) is 22.7 Å². The topological polar surface area (TPSA) is 55.1 Å². The van der Waals surface area contributed by atoms with Crippen molar-refractivity contribution >= 4 is 38.6 Å². The van der Waals surface area contributed by atoms with E-state index in [0.29, 0.717) is 11.4 Å². The molecule has 0 aliphatic rings. The summed E-state index contributed by atoms with van der Waals surface area (Å²) in [6.07, 6.45) is 0. The number of aromatic nitrogens is 1. The third-order valence-electron chi connectivity index (χ3n) is 1.73. The summed E-state index contributed by atoms with van der Waals surface area (Å²) in [5.41, 5.74) is 0.650. The second-order valence-electron chi connectivity index (χ2n) is 2.85. The molecule has 72 valence electrons. The second kappa shape index (κ2) is 3.42. The van der Waals surface area contributed by atoms with E-state index in [1.807, 2.05) is 12.1 Å². The van der Waals surface area contributed by atoms with Gasteiger partial charge in [-0.05, 0) is 18.2 Å². The predicted octanol–water partition coefficient (Wildman–Crippen LogP) is 2.55. The van der Waals surface area contributed by atoms with Gasteiger partial charge in [-0.1, -0.05) is 21.1 Å². The lowest BCUT2D eigenvalue weighted by Gasteiger charge is -1.95. The second-order valence-corrected chi connectivity index (χ2v) is 3.77. The van der Waals surface area contributed by atoms with E-state index in [2.05, 4.69) is 26.4 Å². The van der Waals surface area contributed by atoms with Gasteiger partial charge in [-0.25, -0.2) is 0 Å². The van der Waals surface area contributed by atoms with Crippen molar-refractivity contribution < 1.29 is 9.32 Å². The molecule has 5 heteroatoms. The van der Waals surface area contributed by atoms with Crippen LogP contribution in [0.1, 0.15) is 6.92 Å². The number of benzene rings is 1. The molecule has 2 aromatic rings. The van der Waals surface area contributed by atoms with Crippen molar-refractivity contribution in [1.29, 1.82) is 0 Å². The molecule has 4 nitrogen and oxygen atoms in total. The summed E-state index contributed by atoms with van der Waals surface area (Å²) in [6.45, 7) is 1.43. The molecule has 0 bridgehead atoms. The van der Waals surface area contributed by atoms with E-state index in [0.717, 1.165) is 9.86 Å². The van der Waals surface area contributed by atoms with Crippen LogP contribution in [-0.4, -0.2) is 11.1 Å². The monoisotopic (exact) mass is 254 g/mol. The van der Waals surface area contributed by atoms with E-state index in [9.17, 15) is 4.79 Å². The number of anilines is 1. The number of fused-ring (bicyclic) bond motifs is 1. The highest BCUT2D eigenvalue weighted by Crippen LogP contribution is 2.25. The van der Waals surface area contributed by atoms with Crippen LogP contribution in [0.2, 0.25) is 0 Å². The number of hydrogen-bond acceptors (Lipinski definition) is 3. The number of carbonyl (C=O) groups excluding carboxylic acids is 1. The Morgan fingerprint density at radius 1 is 1.57 bits per heavy atom. The standard InChI is InChI=1S/C9H7BrN2O2/c1-5(13)11-9-7-4-6(10)2-3-8(7)14-12-9/h2-4H,1H3,(H,11,12,13). The molecule has 0 aliphatic carbocycles. The van der Waals surface area contributed by atoms with Crippen LogP contribution in [0.5, 0.6) is 0 Å². The molecule has 1 amide bonds. The molecule has 0 radical (unpaired) electrons. The highest BCUT2D eigenvalue weighted by Gasteiger charge is 2.08. The molecule has 1 aromatic heterocycles. The van der Waals surface area contributed by atoms with Gasteiger partial charge in [-0.3, -0.25) is 4.79 Å². The highest BCUT2D eigenvalue weighted by molar-refractivity contribution is 9.10. The van der Waals surface area contributed by atoms with Gasteiger partial charge in [0.15, 0.2) is 11.4 Å². The Morgan fingerprint density at radius 3 is 3.07 bits per heavy atom. The van der Waals surface area contributed by atoms with Crippen molar-refractivity contribution in [2.24, 2.45) is 0 Å². The first-order valence-electron chi connectivity index (χ1n) is 3.99. The smallest absolute Gasteiger partial charge is 0.222 e. The number of nitrogens with zero attached hydrogens (tertiary/aromatic N) is 1. The molecule has 0 unspecified atom stereocenters. The fourth-order valence-corrected chi connectivity index (χ4v) is 1.53. The Morgan fingerprint density at radius 2 is 2.36 bits per heavy atom. The zero-order chi connectivity index (χ0) is 10.1. The zero-order valence-corrected chi connectivity index (χ0v) is 8.96. The molecular weight excluding hydrogens is 248 g/mol. The van der Waals surface area contributed by atoms with E-state index in [1.165, 1.54) is 6.92 Å². The first-order valence-corrected chi connectivity index (χ1v) is 4.78. The Bertz CT molecular complexity index is 493. The first kappa shape index (κ1) is 9.21. The van der Waals surface area contributed by atoms with Crippen molar-refractivity contribution in [1.82, 2.24) is 5.16 Å². The van der Waals surface area contributed by atoms with Crippen LogP contribution in [0.15, 0.2) is 27.2 Å². The van der Waals surface area contributed by atoms with Crippen LogP contribution in [0.25, 0.3) is 11.0 Å². The van der Waals surface area contributed by atoms with Crippen LogP contribution in [-0.2, 0) is 4.79 Å². The van der Waals surface area contributed by atoms with Crippen LogP contribution in [0.4, 0.5) is 5.82 Å². The quantitative estimate of drug-likeness (QED) is 0.851. The number of nitrogens with one attached hydrogen (secondary N) is 1. The van der Waals surface area contributed by atoms with Gasteiger partial charge in [0.1, 0.15) is 0 Å². The van der Waals surface area contributed by atoms with Gasteiger partial charge in [0.2, 0.25) is 5.91 Å². The maximum atomic E-state index is 10.8. The average Bonchev–Trinajstić information content (AvgIpc) is 2.47. The van der Waals surface area contributed by atoms with E-state index in [1.54, 1.807) is 6.07 Å². The predicted molar refractivity (Wildman–Crippen MR) is 56.0 cm³/mol. The number of amides is 1. The van der Waals surface area contributed by atoms with Gasteiger partial charge in [0, 0.05) is 11.4 Å². The number of carbonyl (C=O) groups is 1. The maximum Gasteiger partial charge on any atom is 0.222 e. The minimum atomic E-state index is -0.167. The van der Waals surface area contributed by atoms with Crippen molar-refractivity contribution in [3.8, 4) is 0 Å². The Kier molecular flexibility index (Phi) is 2.25. The Balaban J connectivity index is 2.55. The molecule has 0 saturated carbocycles. The molecule has 0 spiro atoms. The summed E-state index contributed by atoms with van der Waals surface area (Å²) in [7, 11) is 0. The van der Waals surface area contributed by atoms with E-state index in [-0.39, 0.29) is 5.91 Å². The van der Waals surface area contributed by atoms with Crippen molar-refractivity contribution in [3.63, 3.8) is 0 Å². The third-order valence-corrected chi connectivity index (χ3v) is 2.22. The summed E-state index contributed by atoms with van der Waals surface area (Å²) in [6, 6.07) is 5.49. The van der Waals surface area contributed by atoms with Crippen LogP contribution < -0.4 is 5.32 Å². The third kappa shape index (κ3) is 1.63. The Labute approximate surface area is 88.4 Å². The van der Waals surface area contributed by atoms with Crippen molar-refractivity contribution in [2.45, 2.75) is 6.92 Å². The fourth-order valence-electron chi connectivity index (χ4n) is 1.17. The summed E-state index contributed by atoms with van der Waals surface area (Å²) >= 11 is 3.34. The van der Waals surface area contributed by atoms with E-state index >= 15 is 0 Å². The van der Waals surface area contributed by atoms with Gasteiger partial charge in [0.25, 0.3) is 0 Å². The lowest BCUT2D eigenvalue weighted by molar-refractivity contribution is -0.114.